The van der Waals surface area contributed by atoms with E-state index in [0.29, 0.717) is 18.3 Å². The molecule has 0 saturated carbocycles. The molecule has 0 fully saturated rings. The lowest BCUT2D eigenvalue weighted by Gasteiger charge is -2.05. The first-order valence-electron chi connectivity index (χ1n) is 4.57. The maximum Gasteiger partial charge on any atom is 0.356 e. The summed E-state index contributed by atoms with van der Waals surface area (Å²) in [6.45, 7) is 4.85. The molecule has 0 aliphatic rings. The van der Waals surface area contributed by atoms with E-state index >= 15 is 0 Å². The molecule has 0 bridgehead atoms. The number of nitrogens with zero attached hydrogens (tertiary/aromatic N) is 2. The Morgan fingerprint density at radius 2 is 2.36 bits per heavy atom. The first kappa shape index (κ1) is 10.6. The van der Waals surface area contributed by atoms with Gasteiger partial charge < -0.3 is 10.8 Å². The van der Waals surface area contributed by atoms with Gasteiger partial charge in [-0.25, -0.2) is 9.48 Å². The molecule has 0 amide bonds. The molecule has 0 aromatic carbocycles. The highest BCUT2D eigenvalue weighted by Crippen LogP contribution is 2.09. The molecule has 0 radical (unpaired) electrons. The topological polar surface area (TPSA) is 81.1 Å². The maximum atomic E-state index is 10.6. The second-order valence-corrected chi connectivity index (χ2v) is 3.67. The predicted octanol–water partition coefficient (Wildman–Crippen LogP) is 1.21. The molecule has 5 nitrogen and oxygen atoms in total. The van der Waals surface area contributed by atoms with Gasteiger partial charge in [-0.15, -0.1) is 0 Å². The van der Waals surface area contributed by atoms with Gasteiger partial charge in [-0.3, -0.25) is 0 Å². The van der Waals surface area contributed by atoms with Gasteiger partial charge >= 0.3 is 5.97 Å². The van der Waals surface area contributed by atoms with Gasteiger partial charge in [0, 0.05) is 12.6 Å². The third kappa shape index (κ3) is 2.48. The molecule has 1 rings (SSSR count). The maximum absolute atomic E-state index is 10.6. The summed E-state index contributed by atoms with van der Waals surface area (Å²) < 4.78 is 1.53. The van der Waals surface area contributed by atoms with E-state index in [1.165, 1.54) is 10.7 Å². The van der Waals surface area contributed by atoms with Gasteiger partial charge in [0.2, 0.25) is 0 Å². The number of carbonyl (C=O) groups is 1. The van der Waals surface area contributed by atoms with Gasteiger partial charge in [-0.1, -0.05) is 13.8 Å². The van der Waals surface area contributed by atoms with E-state index in [1.54, 1.807) is 0 Å². The highest BCUT2D eigenvalue weighted by atomic mass is 16.4. The summed E-state index contributed by atoms with van der Waals surface area (Å²) in [5.74, 6) is -0.0880. The Morgan fingerprint density at radius 3 is 2.79 bits per heavy atom. The van der Waals surface area contributed by atoms with Gasteiger partial charge in [-0.05, 0) is 12.3 Å². The number of carboxylic acids is 1. The highest BCUT2D eigenvalue weighted by molar-refractivity contribution is 5.86. The summed E-state index contributed by atoms with van der Waals surface area (Å²) >= 11 is 0. The van der Waals surface area contributed by atoms with Crippen LogP contribution in [0.5, 0.6) is 0 Å². The highest BCUT2D eigenvalue weighted by Gasteiger charge is 2.10. The minimum Gasteiger partial charge on any atom is -0.476 e. The van der Waals surface area contributed by atoms with E-state index in [1.807, 2.05) is 0 Å². The number of aromatic nitrogens is 2. The average molecular weight is 197 g/mol. The zero-order valence-electron chi connectivity index (χ0n) is 8.40. The third-order valence-corrected chi connectivity index (χ3v) is 1.95. The van der Waals surface area contributed by atoms with Crippen molar-refractivity contribution in [2.45, 2.75) is 26.8 Å². The minimum atomic E-state index is -1.04. The fourth-order valence-electron chi connectivity index (χ4n) is 1.10. The van der Waals surface area contributed by atoms with Crippen molar-refractivity contribution >= 4 is 11.8 Å². The van der Waals surface area contributed by atoms with Gasteiger partial charge in [0.05, 0.1) is 0 Å². The van der Waals surface area contributed by atoms with E-state index in [4.69, 9.17) is 10.8 Å². The third-order valence-electron chi connectivity index (χ3n) is 1.95. The number of anilines is 1. The van der Waals surface area contributed by atoms with Crippen molar-refractivity contribution in [3.05, 3.63) is 11.8 Å². The van der Waals surface area contributed by atoms with Crippen molar-refractivity contribution in [1.82, 2.24) is 9.78 Å². The Bertz CT molecular complexity index is 331. The van der Waals surface area contributed by atoms with Crippen LogP contribution in [-0.2, 0) is 6.54 Å². The first-order valence-corrected chi connectivity index (χ1v) is 4.57. The fourth-order valence-corrected chi connectivity index (χ4v) is 1.10. The lowest BCUT2D eigenvalue weighted by atomic mass is 10.1. The van der Waals surface area contributed by atoms with Crippen LogP contribution in [0.2, 0.25) is 0 Å². The van der Waals surface area contributed by atoms with E-state index in [2.05, 4.69) is 18.9 Å². The number of rotatable bonds is 4. The number of hydrogen-bond acceptors (Lipinski definition) is 3. The second kappa shape index (κ2) is 4.13. The van der Waals surface area contributed by atoms with Crippen LogP contribution in [-0.4, -0.2) is 20.9 Å². The number of aromatic carboxylic acids is 1. The lowest BCUT2D eigenvalue weighted by molar-refractivity contribution is 0.0689. The summed E-state index contributed by atoms with van der Waals surface area (Å²) in [7, 11) is 0. The smallest absolute Gasteiger partial charge is 0.356 e. The van der Waals surface area contributed by atoms with E-state index in [9.17, 15) is 4.79 Å². The number of nitrogen functional groups attached to an aromatic ring is 1. The van der Waals surface area contributed by atoms with Crippen LogP contribution in [0.15, 0.2) is 6.07 Å². The van der Waals surface area contributed by atoms with E-state index in [-0.39, 0.29) is 5.69 Å². The van der Waals surface area contributed by atoms with Crippen molar-refractivity contribution in [3.8, 4) is 0 Å². The van der Waals surface area contributed by atoms with Crippen LogP contribution in [0, 0.1) is 5.92 Å². The second-order valence-electron chi connectivity index (χ2n) is 3.67. The van der Waals surface area contributed by atoms with E-state index < -0.39 is 5.97 Å². The largest absolute Gasteiger partial charge is 0.476 e. The summed E-state index contributed by atoms with van der Waals surface area (Å²) in [4.78, 5) is 10.6. The van der Waals surface area contributed by atoms with Crippen LogP contribution in [0.3, 0.4) is 0 Å². The molecule has 0 atom stereocenters. The molecular weight excluding hydrogens is 182 g/mol. The molecule has 1 heterocycles. The number of nitrogens with two attached hydrogens (primary N) is 1. The molecule has 5 heteroatoms. The molecule has 0 saturated heterocycles. The van der Waals surface area contributed by atoms with Crippen LogP contribution in [0.1, 0.15) is 30.8 Å². The van der Waals surface area contributed by atoms with Crippen LogP contribution in [0.25, 0.3) is 0 Å². The fraction of sp³-hybridized carbons (Fsp3) is 0.556. The SMILES string of the molecule is CC(C)CCn1nc(C(=O)O)cc1N. The van der Waals surface area contributed by atoms with Crippen molar-refractivity contribution < 1.29 is 9.90 Å². The van der Waals surface area contributed by atoms with Gasteiger partial charge in [0.25, 0.3) is 0 Å². The molecule has 78 valence electrons. The molecule has 3 N–H and O–H groups in total. The van der Waals surface area contributed by atoms with Crippen molar-refractivity contribution in [2.24, 2.45) is 5.92 Å². The Kier molecular flexibility index (Phi) is 3.11. The summed E-state index contributed by atoms with van der Waals surface area (Å²) in [5, 5.41) is 12.5. The summed E-state index contributed by atoms with van der Waals surface area (Å²) in [6, 6.07) is 1.38. The van der Waals surface area contributed by atoms with Gasteiger partial charge in [0.1, 0.15) is 5.82 Å². The first-order chi connectivity index (χ1) is 6.50. The van der Waals surface area contributed by atoms with Gasteiger partial charge in [0.15, 0.2) is 5.69 Å². The molecule has 0 aliphatic carbocycles. The van der Waals surface area contributed by atoms with E-state index in [0.717, 1.165) is 6.42 Å². The Labute approximate surface area is 82.5 Å². The van der Waals surface area contributed by atoms with Crippen LogP contribution >= 0.6 is 0 Å². The molecule has 14 heavy (non-hydrogen) atoms. The lowest BCUT2D eigenvalue weighted by Crippen LogP contribution is -2.07. The normalized spacial score (nSPS) is 10.8. The monoisotopic (exact) mass is 197 g/mol. The number of carboxylic acid groups (broad SMARTS) is 1. The summed E-state index contributed by atoms with van der Waals surface area (Å²) in [5.41, 5.74) is 5.61. The van der Waals surface area contributed by atoms with Crippen molar-refractivity contribution in [3.63, 3.8) is 0 Å². The molecule has 1 aromatic rings. The summed E-state index contributed by atoms with van der Waals surface area (Å²) in [6.07, 6.45) is 0.935. The van der Waals surface area contributed by atoms with Crippen LogP contribution in [0.4, 0.5) is 5.82 Å². The molecular formula is C9H15N3O2. The minimum absolute atomic E-state index is 0.00579. The predicted molar refractivity (Wildman–Crippen MR) is 53.1 cm³/mol. The van der Waals surface area contributed by atoms with Gasteiger partial charge in [-0.2, -0.15) is 5.10 Å². The standard InChI is InChI=1S/C9H15N3O2/c1-6(2)3-4-12-8(10)5-7(11-12)9(13)14/h5-6H,3-4,10H2,1-2H3,(H,13,14). The zero-order valence-corrected chi connectivity index (χ0v) is 8.40. The Morgan fingerprint density at radius 1 is 1.71 bits per heavy atom. The zero-order chi connectivity index (χ0) is 10.7. The number of aryl methyl sites for hydroxylation is 1. The van der Waals surface area contributed by atoms with Crippen molar-refractivity contribution in [1.29, 1.82) is 0 Å². The molecule has 0 spiro atoms. The van der Waals surface area contributed by atoms with Crippen molar-refractivity contribution in [2.75, 3.05) is 5.73 Å². The van der Waals surface area contributed by atoms with Crippen LogP contribution < -0.4 is 5.73 Å². The number of hydrogen-bond donors (Lipinski definition) is 2. The Balaban J connectivity index is 2.72. The molecule has 0 unspecified atom stereocenters. The Hall–Kier alpha value is -1.52. The average Bonchev–Trinajstić information content (AvgIpc) is 2.43. The quantitative estimate of drug-likeness (QED) is 0.760. The molecule has 0 aliphatic heterocycles. The molecule has 1 aromatic heterocycles.